The van der Waals surface area contributed by atoms with Crippen LogP contribution in [0.3, 0.4) is 0 Å². The zero-order valence-corrected chi connectivity index (χ0v) is 9.87. The second kappa shape index (κ2) is 4.91. The van der Waals surface area contributed by atoms with Crippen LogP contribution in [0.2, 0.25) is 0 Å². The van der Waals surface area contributed by atoms with Crippen LogP contribution in [-0.2, 0) is 10.0 Å². The molecule has 96 valence electrons. The van der Waals surface area contributed by atoms with Crippen LogP contribution in [0.1, 0.15) is 25.7 Å². The summed E-state index contributed by atoms with van der Waals surface area (Å²) >= 11 is 0. The number of hydrogen-bond acceptors (Lipinski definition) is 2. The molecule has 7 heteroatoms. The number of alkyl halides is 3. The third-order valence-electron chi connectivity index (χ3n) is 2.88. The molecule has 1 aliphatic carbocycles. The van der Waals surface area contributed by atoms with Crippen LogP contribution in [-0.4, -0.2) is 27.4 Å². The van der Waals surface area contributed by atoms with Crippen molar-refractivity contribution >= 4 is 10.0 Å². The predicted octanol–water partition coefficient (Wildman–Crippen LogP) is 1.90. The SMILES string of the molecule is CS(=O)(=O)NCC1CCCC(C(F)(F)F)C1. The summed E-state index contributed by atoms with van der Waals surface area (Å²) in [6, 6.07) is 0. The van der Waals surface area contributed by atoms with Crippen LogP contribution >= 0.6 is 0 Å². The molecule has 0 aliphatic heterocycles. The molecule has 1 saturated carbocycles. The Hall–Kier alpha value is -0.300. The molecule has 0 aromatic carbocycles. The van der Waals surface area contributed by atoms with Crippen molar-refractivity contribution < 1.29 is 21.6 Å². The lowest BCUT2D eigenvalue weighted by Crippen LogP contribution is -2.35. The average Bonchev–Trinajstić information content (AvgIpc) is 2.13. The van der Waals surface area contributed by atoms with Gasteiger partial charge in [0.25, 0.3) is 0 Å². The fourth-order valence-corrected chi connectivity index (χ4v) is 2.58. The summed E-state index contributed by atoms with van der Waals surface area (Å²) in [6.45, 7) is 0.116. The van der Waals surface area contributed by atoms with Gasteiger partial charge < -0.3 is 0 Å². The van der Waals surface area contributed by atoms with Crippen molar-refractivity contribution in [2.45, 2.75) is 31.9 Å². The molecule has 2 unspecified atom stereocenters. The quantitative estimate of drug-likeness (QED) is 0.841. The lowest BCUT2D eigenvalue weighted by molar-refractivity contribution is -0.185. The van der Waals surface area contributed by atoms with Crippen LogP contribution in [0.15, 0.2) is 0 Å². The van der Waals surface area contributed by atoms with Gasteiger partial charge in [-0.05, 0) is 25.2 Å². The van der Waals surface area contributed by atoms with E-state index < -0.39 is 22.1 Å². The van der Waals surface area contributed by atoms with E-state index >= 15 is 0 Å². The summed E-state index contributed by atoms with van der Waals surface area (Å²) in [5, 5.41) is 0. The van der Waals surface area contributed by atoms with E-state index in [1.165, 1.54) is 0 Å². The van der Waals surface area contributed by atoms with E-state index in [1.807, 2.05) is 0 Å². The van der Waals surface area contributed by atoms with Crippen LogP contribution in [0.5, 0.6) is 0 Å². The van der Waals surface area contributed by atoms with Crippen LogP contribution in [0.25, 0.3) is 0 Å². The van der Waals surface area contributed by atoms with Crippen molar-refractivity contribution in [3.05, 3.63) is 0 Å². The molecule has 0 heterocycles. The maximum Gasteiger partial charge on any atom is 0.391 e. The Kier molecular flexibility index (Phi) is 4.23. The maximum atomic E-state index is 12.5. The summed E-state index contributed by atoms with van der Waals surface area (Å²) in [7, 11) is -3.31. The molecule has 0 radical (unpaired) electrons. The van der Waals surface area contributed by atoms with Gasteiger partial charge in [0.05, 0.1) is 12.2 Å². The molecule has 2 atom stereocenters. The monoisotopic (exact) mass is 259 g/mol. The number of nitrogens with one attached hydrogen (secondary N) is 1. The topological polar surface area (TPSA) is 46.2 Å². The van der Waals surface area contributed by atoms with Crippen molar-refractivity contribution in [1.29, 1.82) is 0 Å². The van der Waals surface area contributed by atoms with Crippen LogP contribution in [0, 0.1) is 11.8 Å². The summed E-state index contributed by atoms with van der Waals surface area (Å²) in [5.74, 6) is -1.47. The summed E-state index contributed by atoms with van der Waals surface area (Å²) in [4.78, 5) is 0. The molecule has 0 bridgehead atoms. The molecular formula is C9H16F3NO2S. The smallest absolute Gasteiger partial charge is 0.215 e. The summed E-state index contributed by atoms with van der Waals surface area (Å²) in [5.41, 5.74) is 0. The van der Waals surface area contributed by atoms with E-state index in [2.05, 4.69) is 4.72 Å². The fraction of sp³-hybridized carbons (Fsp3) is 1.00. The molecule has 16 heavy (non-hydrogen) atoms. The minimum absolute atomic E-state index is 0.0337. The molecule has 3 nitrogen and oxygen atoms in total. The molecule has 0 saturated heterocycles. The molecule has 0 spiro atoms. The third-order valence-corrected chi connectivity index (χ3v) is 3.57. The number of halogens is 3. The first-order valence-corrected chi connectivity index (χ1v) is 7.09. The third kappa shape index (κ3) is 4.69. The standard InChI is InChI=1S/C9H16F3NO2S/c1-16(14,15)13-6-7-3-2-4-8(5-7)9(10,11)12/h7-8,13H,2-6H2,1H3. The van der Waals surface area contributed by atoms with Crippen molar-refractivity contribution in [1.82, 2.24) is 4.72 Å². The van der Waals surface area contributed by atoms with Crippen molar-refractivity contribution in [3.63, 3.8) is 0 Å². The Labute approximate surface area is 93.5 Å². The minimum Gasteiger partial charge on any atom is -0.215 e. The molecule has 0 aromatic rings. The number of sulfonamides is 1. The van der Waals surface area contributed by atoms with E-state index in [4.69, 9.17) is 0 Å². The summed E-state index contributed by atoms with van der Waals surface area (Å²) < 4.78 is 61.3. The van der Waals surface area contributed by atoms with Gasteiger partial charge in [-0.1, -0.05) is 6.42 Å². The first-order chi connectivity index (χ1) is 7.18. The van der Waals surface area contributed by atoms with Crippen molar-refractivity contribution in [2.24, 2.45) is 11.8 Å². The first-order valence-electron chi connectivity index (χ1n) is 5.20. The highest BCUT2D eigenvalue weighted by Gasteiger charge is 2.42. The lowest BCUT2D eigenvalue weighted by Gasteiger charge is -2.30. The second-order valence-electron chi connectivity index (χ2n) is 4.39. The molecule has 1 N–H and O–H groups in total. The largest absolute Gasteiger partial charge is 0.391 e. The van der Waals surface area contributed by atoms with Crippen molar-refractivity contribution in [2.75, 3.05) is 12.8 Å². The lowest BCUT2D eigenvalue weighted by atomic mass is 9.81. The molecule has 1 aliphatic rings. The van der Waals surface area contributed by atoms with Gasteiger partial charge in [0, 0.05) is 6.54 Å². The Balaban J connectivity index is 2.45. The molecule has 1 fully saturated rings. The number of rotatable bonds is 3. The molecule has 0 amide bonds. The van der Waals surface area contributed by atoms with E-state index in [0.717, 1.165) is 6.26 Å². The zero-order chi connectivity index (χ0) is 12.4. The van der Waals surface area contributed by atoms with Crippen LogP contribution < -0.4 is 4.72 Å². The highest BCUT2D eigenvalue weighted by molar-refractivity contribution is 7.88. The Morgan fingerprint density at radius 3 is 2.44 bits per heavy atom. The van der Waals surface area contributed by atoms with Gasteiger partial charge in [0.1, 0.15) is 0 Å². The molecule has 1 rings (SSSR count). The van der Waals surface area contributed by atoms with Gasteiger partial charge in [0.15, 0.2) is 0 Å². The molecule has 0 aromatic heterocycles. The Morgan fingerprint density at radius 2 is 1.94 bits per heavy atom. The summed E-state index contributed by atoms with van der Waals surface area (Å²) in [6.07, 6.45) is -1.76. The van der Waals surface area contributed by atoms with E-state index in [0.29, 0.717) is 12.8 Å². The second-order valence-corrected chi connectivity index (χ2v) is 6.22. The normalized spacial score (nSPS) is 28.0. The maximum absolute atomic E-state index is 12.5. The predicted molar refractivity (Wildman–Crippen MR) is 54.3 cm³/mol. The highest BCUT2D eigenvalue weighted by atomic mass is 32.2. The Bertz CT molecular complexity index is 326. The molecular weight excluding hydrogens is 243 g/mol. The highest BCUT2D eigenvalue weighted by Crippen LogP contribution is 2.39. The first kappa shape index (κ1) is 13.8. The van der Waals surface area contributed by atoms with Crippen LogP contribution in [0.4, 0.5) is 13.2 Å². The van der Waals surface area contributed by atoms with Gasteiger partial charge in [-0.3, -0.25) is 0 Å². The van der Waals surface area contributed by atoms with Gasteiger partial charge in [0.2, 0.25) is 10.0 Å². The fourth-order valence-electron chi connectivity index (χ4n) is 2.04. The van der Waals surface area contributed by atoms with E-state index in [-0.39, 0.29) is 25.3 Å². The Morgan fingerprint density at radius 1 is 1.31 bits per heavy atom. The van der Waals surface area contributed by atoms with Crippen molar-refractivity contribution in [3.8, 4) is 0 Å². The number of hydrogen-bond donors (Lipinski definition) is 1. The van der Waals surface area contributed by atoms with E-state index in [1.54, 1.807) is 0 Å². The van der Waals surface area contributed by atoms with Gasteiger partial charge in [-0.15, -0.1) is 0 Å². The zero-order valence-electron chi connectivity index (χ0n) is 9.05. The minimum atomic E-state index is -4.15. The van der Waals surface area contributed by atoms with Gasteiger partial charge in [-0.2, -0.15) is 13.2 Å². The average molecular weight is 259 g/mol. The van der Waals surface area contributed by atoms with Gasteiger partial charge in [-0.25, -0.2) is 13.1 Å². The van der Waals surface area contributed by atoms with E-state index in [9.17, 15) is 21.6 Å². The van der Waals surface area contributed by atoms with Gasteiger partial charge >= 0.3 is 6.18 Å².